The summed E-state index contributed by atoms with van der Waals surface area (Å²) in [7, 11) is 0. The van der Waals surface area contributed by atoms with Gasteiger partial charge in [-0.15, -0.1) is 0 Å². The van der Waals surface area contributed by atoms with Crippen LogP contribution >= 0.6 is 0 Å². The lowest BCUT2D eigenvalue weighted by Crippen LogP contribution is -2.26. The van der Waals surface area contributed by atoms with Crippen molar-refractivity contribution in [3.8, 4) is 0 Å². The molecule has 0 amide bonds. The fourth-order valence-electron chi connectivity index (χ4n) is 2.63. The predicted molar refractivity (Wildman–Crippen MR) is 83.6 cm³/mol. The van der Waals surface area contributed by atoms with Gasteiger partial charge in [-0.1, -0.05) is 48.5 Å². The number of aliphatic hydroxyl groups is 1. The Bertz CT molecular complexity index is 544. The molecule has 0 spiro atoms. The molecule has 2 aromatic rings. The van der Waals surface area contributed by atoms with Gasteiger partial charge in [-0.05, 0) is 36.5 Å². The fraction of sp³-hybridized carbons (Fsp3) is 0.333. The van der Waals surface area contributed by atoms with E-state index in [1.165, 1.54) is 11.6 Å². The van der Waals surface area contributed by atoms with Crippen molar-refractivity contribution in [3.05, 3.63) is 71.5 Å². The molecule has 0 bridgehead atoms. The standard InChI is InChI=1S/C18H22FNO/c19-17-11-5-4-10-15(17)16(13-20)18(21)12-6-9-14-7-2-1-3-8-14/h1-5,7-8,10-11,16,18,21H,6,9,12-13,20H2. The Hall–Kier alpha value is -1.71. The highest BCUT2D eigenvalue weighted by Gasteiger charge is 2.22. The molecule has 3 heteroatoms. The number of halogens is 1. The summed E-state index contributed by atoms with van der Waals surface area (Å²) in [5.74, 6) is -0.642. The quantitative estimate of drug-likeness (QED) is 0.821. The fourth-order valence-corrected chi connectivity index (χ4v) is 2.63. The second kappa shape index (κ2) is 7.91. The topological polar surface area (TPSA) is 46.2 Å². The van der Waals surface area contributed by atoms with Gasteiger partial charge in [0.25, 0.3) is 0 Å². The van der Waals surface area contributed by atoms with Gasteiger partial charge in [-0.2, -0.15) is 0 Å². The van der Waals surface area contributed by atoms with Crippen LogP contribution in [0, 0.1) is 5.82 Å². The van der Waals surface area contributed by atoms with E-state index >= 15 is 0 Å². The molecule has 2 nitrogen and oxygen atoms in total. The average Bonchev–Trinajstić information content (AvgIpc) is 2.51. The highest BCUT2D eigenvalue weighted by molar-refractivity contribution is 5.23. The summed E-state index contributed by atoms with van der Waals surface area (Å²) in [5.41, 5.74) is 7.49. The van der Waals surface area contributed by atoms with Crippen molar-refractivity contribution in [2.75, 3.05) is 6.54 Å². The van der Waals surface area contributed by atoms with Crippen molar-refractivity contribution in [3.63, 3.8) is 0 Å². The van der Waals surface area contributed by atoms with E-state index in [2.05, 4.69) is 12.1 Å². The number of benzene rings is 2. The van der Waals surface area contributed by atoms with E-state index in [0.29, 0.717) is 12.0 Å². The second-order valence-electron chi connectivity index (χ2n) is 5.31. The van der Waals surface area contributed by atoms with Gasteiger partial charge in [0.1, 0.15) is 5.82 Å². The highest BCUT2D eigenvalue weighted by atomic mass is 19.1. The molecule has 112 valence electrons. The summed E-state index contributed by atoms with van der Waals surface area (Å²) in [6, 6.07) is 16.7. The number of hydrogen-bond donors (Lipinski definition) is 2. The highest BCUT2D eigenvalue weighted by Crippen LogP contribution is 2.24. The predicted octanol–water partition coefficient (Wildman–Crippen LogP) is 3.25. The molecule has 0 fully saturated rings. The van der Waals surface area contributed by atoms with E-state index in [0.717, 1.165) is 12.8 Å². The lowest BCUT2D eigenvalue weighted by molar-refractivity contribution is 0.132. The van der Waals surface area contributed by atoms with Gasteiger partial charge in [0, 0.05) is 12.5 Å². The number of nitrogens with two attached hydrogens (primary N) is 1. The second-order valence-corrected chi connectivity index (χ2v) is 5.31. The van der Waals surface area contributed by atoms with Crippen molar-refractivity contribution in [2.24, 2.45) is 5.73 Å². The summed E-state index contributed by atoms with van der Waals surface area (Å²) >= 11 is 0. The van der Waals surface area contributed by atoms with Crippen LogP contribution in [0.2, 0.25) is 0 Å². The lowest BCUT2D eigenvalue weighted by Gasteiger charge is -2.22. The molecule has 0 aliphatic heterocycles. The smallest absolute Gasteiger partial charge is 0.126 e. The minimum atomic E-state index is -0.615. The summed E-state index contributed by atoms with van der Waals surface area (Å²) in [6.07, 6.45) is 1.77. The maximum atomic E-state index is 13.8. The lowest BCUT2D eigenvalue weighted by atomic mass is 9.89. The van der Waals surface area contributed by atoms with E-state index in [-0.39, 0.29) is 18.3 Å². The third-order valence-corrected chi connectivity index (χ3v) is 3.83. The zero-order chi connectivity index (χ0) is 15.1. The van der Waals surface area contributed by atoms with Crippen LogP contribution in [0.15, 0.2) is 54.6 Å². The van der Waals surface area contributed by atoms with Gasteiger partial charge in [-0.3, -0.25) is 0 Å². The van der Waals surface area contributed by atoms with Crippen LogP contribution in [0.3, 0.4) is 0 Å². The van der Waals surface area contributed by atoms with Crippen LogP contribution in [-0.2, 0) is 6.42 Å². The Kier molecular flexibility index (Phi) is 5.90. The molecule has 21 heavy (non-hydrogen) atoms. The number of aliphatic hydroxyl groups excluding tert-OH is 1. The van der Waals surface area contributed by atoms with Gasteiger partial charge in [0.2, 0.25) is 0 Å². The molecule has 0 aliphatic rings. The van der Waals surface area contributed by atoms with Crippen molar-refractivity contribution in [2.45, 2.75) is 31.3 Å². The maximum Gasteiger partial charge on any atom is 0.126 e. The number of aryl methyl sites for hydroxylation is 1. The van der Waals surface area contributed by atoms with Gasteiger partial charge in [0.05, 0.1) is 6.10 Å². The first-order valence-electron chi connectivity index (χ1n) is 7.39. The molecule has 3 N–H and O–H groups in total. The molecule has 0 aliphatic carbocycles. The van der Waals surface area contributed by atoms with Crippen molar-refractivity contribution in [1.29, 1.82) is 0 Å². The maximum absolute atomic E-state index is 13.8. The van der Waals surface area contributed by atoms with Crippen LogP contribution in [0.1, 0.15) is 29.9 Å². The van der Waals surface area contributed by atoms with Crippen LogP contribution in [0.4, 0.5) is 4.39 Å². The minimum Gasteiger partial charge on any atom is -0.392 e. The molecule has 2 rings (SSSR count). The average molecular weight is 287 g/mol. The van der Waals surface area contributed by atoms with E-state index < -0.39 is 6.10 Å². The van der Waals surface area contributed by atoms with Gasteiger partial charge in [0.15, 0.2) is 0 Å². The summed E-state index contributed by atoms with van der Waals surface area (Å²) < 4.78 is 13.8. The minimum absolute atomic E-state index is 0.243. The number of rotatable bonds is 7. The molecule has 2 atom stereocenters. The molecule has 2 aromatic carbocycles. The van der Waals surface area contributed by atoms with Crippen molar-refractivity contribution in [1.82, 2.24) is 0 Å². The first-order valence-corrected chi connectivity index (χ1v) is 7.39. The van der Waals surface area contributed by atoms with Gasteiger partial charge >= 0.3 is 0 Å². The Morgan fingerprint density at radius 3 is 2.33 bits per heavy atom. The zero-order valence-electron chi connectivity index (χ0n) is 12.1. The summed E-state index contributed by atoms with van der Waals surface area (Å²) in [4.78, 5) is 0. The Balaban J connectivity index is 1.92. The Labute approximate surface area is 125 Å². The Morgan fingerprint density at radius 2 is 1.67 bits per heavy atom. The summed E-state index contributed by atoms with van der Waals surface area (Å²) in [6.45, 7) is 0.243. The molecular formula is C18H22FNO. The molecule has 0 saturated carbocycles. The van der Waals surface area contributed by atoms with Crippen molar-refractivity contribution >= 4 is 0 Å². The van der Waals surface area contributed by atoms with Crippen LogP contribution in [0.5, 0.6) is 0 Å². The van der Waals surface area contributed by atoms with E-state index in [1.807, 2.05) is 18.2 Å². The largest absolute Gasteiger partial charge is 0.392 e. The van der Waals surface area contributed by atoms with E-state index in [4.69, 9.17) is 5.73 Å². The van der Waals surface area contributed by atoms with Gasteiger partial charge < -0.3 is 10.8 Å². The Morgan fingerprint density at radius 1 is 1.00 bits per heavy atom. The van der Waals surface area contributed by atoms with Crippen LogP contribution < -0.4 is 5.73 Å². The monoisotopic (exact) mass is 287 g/mol. The molecular weight excluding hydrogens is 265 g/mol. The number of hydrogen-bond acceptors (Lipinski definition) is 2. The third kappa shape index (κ3) is 4.38. The van der Waals surface area contributed by atoms with Crippen LogP contribution in [-0.4, -0.2) is 17.8 Å². The molecule has 0 heterocycles. The van der Waals surface area contributed by atoms with Gasteiger partial charge in [-0.25, -0.2) is 4.39 Å². The van der Waals surface area contributed by atoms with Crippen molar-refractivity contribution < 1.29 is 9.50 Å². The molecule has 2 unspecified atom stereocenters. The molecule has 0 radical (unpaired) electrons. The van der Waals surface area contributed by atoms with Crippen LogP contribution in [0.25, 0.3) is 0 Å². The zero-order valence-corrected chi connectivity index (χ0v) is 12.1. The van der Waals surface area contributed by atoms with E-state index in [1.54, 1.807) is 18.2 Å². The first-order chi connectivity index (χ1) is 10.2. The molecule has 0 saturated heterocycles. The first kappa shape index (κ1) is 15.7. The third-order valence-electron chi connectivity index (χ3n) is 3.83. The summed E-state index contributed by atoms with van der Waals surface area (Å²) in [5, 5.41) is 10.3. The van der Waals surface area contributed by atoms with E-state index in [9.17, 15) is 9.50 Å². The normalized spacial score (nSPS) is 13.9. The SMILES string of the molecule is NCC(c1ccccc1F)C(O)CCCc1ccccc1. The molecule has 0 aromatic heterocycles.